The van der Waals surface area contributed by atoms with Crippen LogP contribution in [0.5, 0.6) is 11.5 Å². The van der Waals surface area contributed by atoms with Crippen molar-refractivity contribution < 1.29 is 18.7 Å². The third-order valence-electron chi connectivity index (χ3n) is 5.06. The van der Waals surface area contributed by atoms with Crippen LogP contribution in [-0.2, 0) is 5.75 Å². The number of methoxy groups -OCH3 is 2. The van der Waals surface area contributed by atoms with Crippen LogP contribution in [0.1, 0.15) is 21.8 Å². The molecule has 6 nitrogen and oxygen atoms in total. The lowest BCUT2D eigenvalue weighted by Gasteiger charge is -2.12. The first-order chi connectivity index (χ1) is 16.1. The Labute approximate surface area is 197 Å². The van der Waals surface area contributed by atoms with E-state index in [-0.39, 0.29) is 5.91 Å². The maximum Gasteiger partial charge on any atom is 0.255 e. The highest BCUT2D eigenvalue weighted by Crippen LogP contribution is 2.30. The van der Waals surface area contributed by atoms with Gasteiger partial charge < -0.3 is 19.2 Å². The zero-order chi connectivity index (χ0) is 23.2. The van der Waals surface area contributed by atoms with Crippen molar-refractivity contribution in [3.63, 3.8) is 0 Å². The van der Waals surface area contributed by atoms with E-state index in [1.54, 1.807) is 56.3 Å². The second-order valence-corrected chi connectivity index (χ2v) is 8.27. The van der Waals surface area contributed by atoms with Gasteiger partial charge in [0.25, 0.3) is 5.91 Å². The van der Waals surface area contributed by atoms with Crippen molar-refractivity contribution in [1.82, 2.24) is 4.98 Å². The first kappa shape index (κ1) is 22.5. The molecule has 4 rings (SSSR count). The first-order valence-corrected chi connectivity index (χ1v) is 11.3. The van der Waals surface area contributed by atoms with Crippen molar-refractivity contribution >= 4 is 23.4 Å². The number of rotatable bonds is 8. The summed E-state index contributed by atoms with van der Waals surface area (Å²) in [4.78, 5) is 18.6. The van der Waals surface area contributed by atoms with Crippen molar-refractivity contribution in [3.05, 3.63) is 89.8 Å². The van der Waals surface area contributed by atoms with Crippen LogP contribution in [0.4, 0.5) is 5.69 Å². The molecule has 0 unspecified atom stereocenters. The lowest BCUT2D eigenvalue weighted by molar-refractivity contribution is 0.102. The van der Waals surface area contributed by atoms with Gasteiger partial charge in [-0.3, -0.25) is 4.79 Å². The van der Waals surface area contributed by atoms with E-state index < -0.39 is 0 Å². The van der Waals surface area contributed by atoms with Gasteiger partial charge in [0.2, 0.25) is 5.89 Å². The molecule has 0 saturated carbocycles. The second kappa shape index (κ2) is 10.3. The number of amides is 1. The molecular weight excluding hydrogens is 436 g/mol. The number of benzene rings is 3. The Bertz CT molecular complexity index is 1240. The molecule has 1 aromatic heterocycles. The molecule has 168 valence electrons. The predicted octanol–water partition coefficient (Wildman–Crippen LogP) is 6.21. The van der Waals surface area contributed by atoms with E-state index >= 15 is 0 Å². The van der Waals surface area contributed by atoms with Gasteiger partial charge in [0, 0.05) is 27.8 Å². The summed E-state index contributed by atoms with van der Waals surface area (Å²) >= 11 is 1.71. The molecule has 1 heterocycles. The number of oxazole rings is 1. The SMILES string of the molecule is COc1ccc(OC)c(NC(=O)c2ccc(-c3nc(CSc4ccccc4)c(C)o3)cc2)c1. The molecule has 1 N–H and O–H groups in total. The molecule has 0 aliphatic rings. The highest BCUT2D eigenvalue weighted by Gasteiger charge is 2.14. The van der Waals surface area contributed by atoms with E-state index in [1.165, 1.54) is 4.90 Å². The van der Waals surface area contributed by atoms with Crippen molar-refractivity contribution in [2.75, 3.05) is 19.5 Å². The number of carbonyl (C=O) groups excluding carboxylic acids is 1. The van der Waals surface area contributed by atoms with Gasteiger partial charge in [-0.05, 0) is 55.5 Å². The highest BCUT2D eigenvalue weighted by molar-refractivity contribution is 7.98. The summed E-state index contributed by atoms with van der Waals surface area (Å²) in [6.07, 6.45) is 0. The minimum atomic E-state index is -0.253. The molecule has 0 saturated heterocycles. The summed E-state index contributed by atoms with van der Waals surface area (Å²) in [6, 6.07) is 22.6. The topological polar surface area (TPSA) is 73.6 Å². The van der Waals surface area contributed by atoms with Crippen LogP contribution in [0.15, 0.2) is 82.1 Å². The average molecular weight is 461 g/mol. The number of ether oxygens (including phenoxy) is 2. The minimum absolute atomic E-state index is 0.253. The number of aryl methyl sites for hydroxylation is 1. The van der Waals surface area contributed by atoms with Gasteiger partial charge in [0.15, 0.2) is 0 Å². The summed E-state index contributed by atoms with van der Waals surface area (Å²) in [6.45, 7) is 1.92. The molecule has 0 spiro atoms. The Hall–Kier alpha value is -3.71. The largest absolute Gasteiger partial charge is 0.497 e. The molecule has 33 heavy (non-hydrogen) atoms. The number of anilines is 1. The van der Waals surface area contributed by atoms with Gasteiger partial charge in [-0.15, -0.1) is 11.8 Å². The summed E-state index contributed by atoms with van der Waals surface area (Å²) in [7, 11) is 3.12. The van der Waals surface area contributed by atoms with Crippen LogP contribution in [0.25, 0.3) is 11.5 Å². The van der Waals surface area contributed by atoms with E-state index in [1.807, 2.05) is 37.3 Å². The maximum absolute atomic E-state index is 12.8. The normalized spacial score (nSPS) is 10.6. The number of nitrogens with zero attached hydrogens (tertiary/aromatic N) is 1. The highest BCUT2D eigenvalue weighted by atomic mass is 32.2. The molecule has 0 fully saturated rings. The van der Waals surface area contributed by atoms with E-state index in [9.17, 15) is 4.79 Å². The number of hydrogen-bond acceptors (Lipinski definition) is 6. The van der Waals surface area contributed by atoms with Gasteiger partial charge in [0.05, 0.1) is 25.6 Å². The molecule has 0 radical (unpaired) electrons. The molecule has 0 bridgehead atoms. The summed E-state index contributed by atoms with van der Waals surface area (Å²) in [5, 5.41) is 2.87. The lowest BCUT2D eigenvalue weighted by atomic mass is 10.1. The van der Waals surface area contributed by atoms with Crippen LogP contribution < -0.4 is 14.8 Å². The number of hydrogen-bond donors (Lipinski definition) is 1. The van der Waals surface area contributed by atoms with Crippen LogP contribution in [0.3, 0.4) is 0 Å². The van der Waals surface area contributed by atoms with Crippen molar-refractivity contribution in [3.8, 4) is 23.0 Å². The first-order valence-electron chi connectivity index (χ1n) is 10.4. The van der Waals surface area contributed by atoms with Crippen molar-refractivity contribution in [2.45, 2.75) is 17.6 Å². The lowest BCUT2D eigenvalue weighted by Crippen LogP contribution is -2.12. The van der Waals surface area contributed by atoms with E-state index in [0.29, 0.717) is 28.6 Å². The Kier molecular flexibility index (Phi) is 7.00. The minimum Gasteiger partial charge on any atom is -0.497 e. The predicted molar refractivity (Wildman–Crippen MR) is 130 cm³/mol. The third kappa shape index (κ3) is 5.38. The van der Waals surface area contributed by atoms with Crippen molar-refractivity contribution in [2.24, 2.45) is 0 Å². The fourth-order valence-corrected chi connectivity index (χ4v) is 4.15. The zero-order valence-corrected chi connectivity index (χ0v) is 19.4. The Balaban J connectivity index is 1.46. The average Bonchev–Trinajstić information content (AvgIpc) is 3.23. The summed E-state index contributed by atoms with van der Waals surface area (Å²) < 4.78 is 16.4. The van der Waals surface area contributed by atoms with Crippen LogP contribution in [0, 0.1) is 6.92 Å². The Morgan fingerprint density at radius 3 is 2.45 bits per heavy atom. The number of thioether (sulfide) groups is 1. The molecule has 1 amide bonds. The standard InChI is InChI=1S/C26H24N2O4S/c1-17-23(16-33-21-7-5-4-6-8-21)28-26(32-17)19-11-9-18(10-12-19)25(29)27-22-15-20(30-2)13-14-24(22)31-3/h4-15H,16H2,1-3H3,(H,27,29). The van der Waals surface area contributed by atoms with Crippen LogP contribution in [0.2, 0.25) is 0 Å². The Morgan fingerprint density at radius 1 is 1.00 bits per heavy atom. The summed E-state index contributed by atoms with van der Waals surface area (Å²) in [5.74, 6) is 2.98. The number of aromatic nitrogens is 1. The van der Waals surface area contributed by atoms with Gasteiger partial charge in [-0.25, -0.2) is 4.98 Å². The van der Waals surface area contributed by atoms with E-state index in [2.05, 4.69) is 22.4 Å². The number of carbonyl (C=O) groups is 1. The Morgan fingerprint density at radius 2 is 1.76 bits per heavy atom. The quantitative estimate of drug-likeness (QED) is 0.315. The fraction of sp³-hybridized carbons (Fsp3) is 0.154. The second-order valence-electron chi connectivity index (χ2n) is 7.22. The maximum atomic E-state index is 12.8. The monoisotopic (exact) mass is 460 g/mol. The van der Waals surface area contributed by atoms with Gasteiger partial charge in [0.1, 0.15) is 17.3 Å². The van der Waals surface area contributed by atoms with Crippen LogP contribution >= 0.6 is 11.8 Å². The molecule has 7 heteroatoms. The smallest absolute Gasteiger partial charge is 0.255 e. The third-order valence-corrected chi connectivity index (χ3v) is 6.08. The van der Waals surface area contributed by atoms with Gasteiger partial charge >= 0.3 is 0 Å². The van der Waals surface area contributed by atoms with Crippen LogP contribution in [-0.4, -0.2) is 25.1 Å². The molecule has 0 atom stereocenters. The van der Waals surface area contributed by atoms with Gasteiger partial charge in [-0.2, -0.15) is 0 Å². The molecular formula is C26H24N2O4S. The molecule has 0 aliphatic heterocycles. The summed E-state index contributed by atoms with van der Waals surface area (Å²) in [5.41, 5.74) is 2.76. The van der Waals surface area contributed by atoms with Crippen molar-refractivity contribution in [1.29, 1.82) is 0 Å². The molecule has 3 aromatic carbocycles. The molecule has 4 aromatic rings. The zero-order valence-electron chi connectivity index (χ0n) is 18.6. The van der Waals surface area contributed by atoms with Gasteiger partial charge in [-0.1, -0.05) is 18.2 Å². The molecule has 0 aliphatic carbocycles. The number of nitrogens with one attached hydrogen (secondary N) is 1. The van der Waals surface area contributed by atoms with E-state index in [4.69, 9.17) is 13.9 Å². The fourth-order valence-electron chi connectivity index (χ4n) is 3.22. The van der Waals surface area contributed by atoms with E-state index in [0.717, 1.165) is 22.8 Å².